The van der Waals surface area contributed by atoms with Crippen LogP contribution in [0.1, 0.15) is 23.6 Å². The van der Waals surface area contributed by atoms with E-state index in [9.17, 15) is 0 Å². The van der Waals surface area contributed by atoms with E-state index in [4.69, 9.17) is 4.74 Å². The van der Waals surface area contributed by atoms with Gasteiger partial charge in [-0.25, -0.2) is 4.98 Å². The number of rotatable bonds is 5. The van der Waals surface area contributed by atoms with Crippen molar-refractivity contribution in [3.8, 4) is 5.75 Å². The molecule has 2 aromatic rings. The molecule has 0 saturated carbocycles. The number of benzene rings is 1. The Morgan fingerprint density at radius 2 is 1.84 bits per heavy atom. The van der Waals surface area contributed by atoms with Crippen molar-refractivity contribution < 1.29 is 4.74 Å². The van der Waals surface area contributed by atoms with E-state index in [-0.39, 0.29) is 0 Å². The Bertz CT molecular complexity index is 532. The van der Waals surface area contributed by atoms with E-state index in [0.717, 1.165) is 23.7 Å². The summed E-state index contributed by atoms with van der Waals surface area (Å²) < 4.78 is 5.83. The fraction of sp³-hybridized carbons (Fsp3) is 0.312. The summed E-state index contributed by atoms with van der Waals surface area (Å²) in [6.07, 6.45) is 1.80. The number of hydrogen-bond acceptors (Lipinski definition) is 3. The van der Waals surface area contributed by atoms with Crippen LogP contribution >= 0.6 is 0 Å². The lowest BCUT2D eigenvalue weighted by molar-refractivity contribution is 0.306. The molecule has 3 heteroatoms. The average molecular weight is 256 g/mol. The summed E-state index contributed by atoms with van der Waals surface area (Å²) in [5, 5.41) is 3.20. The molecule has 0 bridgehead atoms. The Morgan fingerprint density at radius 1 is 1.11 bits per heavy atom. The molecule has 100 valence electrons. The van der Waals surface area contributed by atoms with Crippen molar-refractivity contribution in [1.82, 2.24) is 4.98 Å². The third-order valence-corrected chi connectivity index (χ3v) is 2.78. The molecule has 0 aliphatic carbocycles. The summed E-state index contributed by atoms with van der Waals surface area (Å²) in [5.74, 6) is 1.81. The smallest absolute Gasteiger partial charge is 0.126 e. The van der Waals surface area contributed by atoms with Gasteiger partial charge in [0.25, 0.3) is 0 Å². The molecular formula is C16H20N2O. The van der Waals surface area contributed by atoms with E-state index in [0.29, 0.717) is 6.61 Å². The standard InChI is InChI=1S/C16H20N2O/c1-4-17-16-10-14(5-6-18-16)11-19-15-8-12(2)7-13(3)9-15/h5-10H,4,11H2,1-3H3,(H,17,18). The summed E-state index contributed by atoms with van der Waals surface area (Å²) >= 11 is 0. The average Bonchev–Trinajstić information content (AvgIpc) is 2.36. The molecule has 1 aromatic heterocycles. The molecule has 1 N–H and O–H groups in total. The minimum atomic E-state index is 0.559. The first kappa shape index (κ1) is 13.4. The molecule has 1 heterocycles. The first-order chi connectivity index (χ1) is 9.17. The molecule has 0 aliphatic rings. The van der Waals surface area contributed by atoms with Gasteiger partial charge in [0.1, 0.15) is 18.2 Å². The lowest BCUT2D eigenvalue weighted by Gasteiger charge is -2.09. The highest BCUT2D eigenvalue weighted by Gasteiger charge is 2.00. The molecule has 0 saturated heterocycles. The maximum atomic E-state index is 5.83. The Morgan fingerprint density at radius 3 is 2.53 bits per heavy atom. The van der Waals surface area contributed by atoms with E-state index in [1.807, 2.05) is 12.1 Å². The third kappa shape index (κ3) is 3.98. The lowest BCUT2D eigenvalue weighted by Crippen LogP contribution is -2.01. The lowest BCUT2D eigenvalue weighted by atomic mass is 10.1. The number of aromatic nitrogens is 1. The molecule has 2 rings (SSSR count). The first-order valence-corrected chi connectivity index (χ1v) is 6.57. The van der Waals surface area contributed by atoms with E-state index < -0.39 is 0 Å². The molecular weight excluding hydrogens is 236 g/mol. The maximum absolute atomic E-state index is 5.83. The zero-order valence-electron chi connectivity index (χ0n) is 11.7. The van der Waals surface area contributed by atoms with Crippen molar-refractivity contribution in [1.29, 1.82) is 0 Å². The Labute approximate surface area is 114 Å². The quantitative estimate of drug-likeness (QED) is 0.885. The van der Waals surface area contributed by atoms with Gasteiger partial charge in [0.15, 0.2) is 0 Å². The van der Waals surface area contributed by atoms with Crippen molar-refractivity contribution in [2.75, 3.05) is 11.9 Å². The normalized spacial score (nSPS) is 10.3. The van der Waals surface area contributed by atoms with Gasteiger partial charge in [-0.15, -0.1) is 0 Å². The number of nitrogens with zero attached hydrogens (tertiary/aromatic N) is 1. The van der Waals surface area contributed by atoms with Gasteiger partial charge < -0.3 is 10.1 Å². The highest BCUT2D eigenvalue weighted by atomic mass is 16.5. The third-order valence-electron chi connectivity index (χ3n) is 2.78. The molecule has 0 aliphatic heterocycles. The zero-order valence-corrected chi connectivity index (χ0v) is 11.7. The summed E-state index contributed by atoms with van der Waals surface area (Å²) in [5.41, 5.74) is 3.56. The molecule has 0 radical (unpaired) electrons. The van der Waals surface area contributed by atoms with Gasteiger partial charge in [0, 0.05) is 12.7 Å². The number of pyridine rings is 1. The van der Waals surface area contributed by atoms with Crippen LogP contribution in [0.5, 0.6) is 5.75 Å². The zero-order chi connectivity index (χ0) is 13.7. The second kappa shape index (κ2) is 6.23. The van der Waals surface area contributed by atoms with Gasteiger partial charge >= 0.3 is 0 Å². The van der Waals surface area contributed by atoms with Crippen LogP contribution in [0.25, 0.3) is 0 Å². The van der Waals surface area contributed by atoms with E-state index in [1.165, 1.54) is 11.1 Å². The van der Waals surface area contributed by atoms with Crippen molar-refractivity contribution in [3.63, 3.8) is 0 Å². The van der Waals surface area contributed by atoms with Crippen molar-refractivity contribution >= 4 is 5.82 Å². The van der Waals surface area contributed by atoms with Crippen molar-refractivity contribution in [2.24, 2.45) is 0 Å². The van der Waals surface area contributed by atoms with Crippen LogP contribution in [-0.2, 0) is 6.61 Å². The fourth-order valence-electron chi connectivity index (χ4n) is 2.02. The molecule has 3 nitrogen and oxygen atoms in total. The molecule has 0 unspecified atom stereocenters. The van der Waals surface area contributed by atoms with E-state index >= 15 is 0 Å². The highest BCUT2D eigenvalue weighted by molar-refractivity contribution is 5.37. The molecule has 0 atom stereocenters. The van der Waals surface area contributed by atoms with Gasteiger partial charge in [-0.2, -0.15) is 0 Å². The van der Waals surface area contributed by atoms with Gasteiger partial charge in [-0.1, -0.05) is 6.07 Å². The number of ether oxygens (including phenoxy) is 1. The van der Waals surface area contributed by atoms with Gasteiger partial charge in [0.05, 0.1) is 0 Å². The molecule has 19 heavy (non-hydrogen) atoms. The second-order valence-corrected chi connectivity index (χ2v) is 4.69. The summed E-state index contributed by atoms with van der Waals surface area (Å²) in [6, 6.07) is 10.2. The summed E-state index contributed by atoms with van der Waals surface area (Å²) in [4.78, 5) is 4.25. The van der Waals surface area contributed by atoms with Crippen molar-refractivity contribution in [3.05, 3.63) is 53.2 Å². The summed E-state index contributed by atoms with van der Waals surface area (Å²) in [7, 11) is 0. The fourth-order valence-corrected chi connectivity index (χ4v) is 2.02. The van der Waals surface area contributed by atoms with Crippen LogP contribution in [0.2, 0.25) is 0 Å². The molecule has 0 spiro atoms. The Balaban J connectivity index is 2.03. The van der Waals surface area contributed by atoms with Gasteiger partial charge in [-0.05, 0) is 61.7 Å². The summed E-state index contributed by atoms with van der Waals surface area (Å²) in [6.45, 7) is 7.64. The van der Waals surface area contributed by atoms with Crippen molar-refractivity contribution in [2.45, 2.75) is 27.4 Å². The van der Waals surface area contributed by atoms with Crippen LogP contribution in [0.3, 0.4) is 0 Å². The van der Waals surface area contributed by atoms with Crippen LogP contribution in [0.4, 0.5) is 5.82 Å². The molecule has 0 amide bonds. The highest BCUT2D eigenvalue weighted by Crippen LogP contribution is 2.18. The van der Waals surface area contributed by atoms with Crippen LogP contribution in [-0.4, -0.2) is 11.5 Å². The van der Waals surface area contributed by atoms with Crippen LogP contribution in [0, 0.1) is 13.8 Å². The van der Waals surface area contributed by atoms with Crippen LogP contribution < -0.4 is 10.1 Å². The molecule has 0 fully saturated rings. The van der Waals surface area contributed by atoms with Gasteiger partial charge in [-0.3, -0.25) is 0 Å². The second-order valence-electron chi connectivity index (χ2n) is 4.69. The topological polar surface area (TPSA) is 34.1 Å². The maximum Gasteiger partial charge on any atom is 0.126 e. The van der Waals surface area contributed by atoms with Gasteiger partial charge in [0.2, 0.25) is 0 Å². The SMILES string of the molecule is CCNc1cc(COc2cc(C)cc(C)c2)ccn1. The predicted octanol–water partition coefficient (Wildman–Crippen LogP) is 3.71. The number of nitrogens with one attached hydrogen (secondary N) is 1. The Kier molecular flexibility index (Phi) is 4.39. The first-order valence-electron chi connectivity index (χ1n) is 6.57. The van der Waals surface area contributed by atoms with Crippen LogP contribution in [0.15, 0.2) is 36.5 Å². The minimum Gasteiger partial charge on any atom is -0.489 e. The monoisotopic (exact) mass is 256 g/mol. The Hall–Kier alpha value is -2.03. The van der Waals surface area contributed by atoms with E-state index in [1.54, 1.807) is 6.20 Å². The number of aryl methyl sites for hydroxylation is 2. The molecule has 1 aromatic carbocycles. The minimum absolute atomic E-state index is 0.559. The van der Waals surface area contributed by atoms with E-state index in [2.05, 4.69) is 49.3 Å². The number of anilines is 1. The number of hydrogen-bond donors (Lipinski definition) is 1. The predicted molar refractivity (Wildman–Crippen MR) is 78.6 cm³/mol. The largest absolute Gasteiger partial charge is 0.489 e.